The Labute approximate surface area is 200 Å². The third-order valence-corrected chi connectivity index (χ3v) is 5.93. The number of hydrogen-bond acceptors (Lipinski definition) is 6. The molecule has 0 spiro atoms. The number of rotatable bonds is 8. The number of hydrogen-bond donors (Lipinski definition) is 1. The van der Waals surface area contributed by atoms with Crippen LogP contribution in [0.1, 0.15) is 0 Å². The first kappa shape index (κ1) is 22.7. The van der Waals surface area contributed by atoms with Crippen molar-refractivity contribution >= 4 is 35.0 Å². The maximum atomic E-state index is 12.6. The number of carbonyl (C=O) groups is 1. The Kier molecular flexibility index (Phi) is 7.16. The number of halogens is 1. The van der Waals surface area contributed by atoms with Crippen molar-refractivity contribution in [3.05, 3.63) is 77.8 Å². The summed E-state index contributed by atoms with van der Waals surface area (Å²) in [6.45, 7) is 0. The highest BCUT2D eigenvalue weighted by molar-refractivity contribution is 7.99. The van der Waals surface area contributed by atoms with Gasteiger partial charge in [0.05, 0.1) is 36.9 Å². The van der Waals surface area contributed by atoms with Crippen molar-refractivity contribution in [2.45, 2.75) is 5.16 Å². The molecule has 1 amide bonds. The fraction of sp³-hybridized carbons (Fsp3) is 0.125. The van der Waals surface area contributed by atoms with Crippen molar-refractivity contribution in [1.82, 2.24) is 14.8 Å². The van der Waals surface area contributed by atoms with E-state index in [9.17, 15) is 4.79 Å². The van der Waals surface area contributed by atoms with Gasteiger partial charge in [0.2, 0.25) is 5.91 Å². The van der Waals surface area contributed by atoms with Crippen LogP contribution in [0.15, 0.2) is 78.0 Å². The highest BCUT2D eigenvalue weighted by atomic mass is 35.5. The van der Waals surface area contributed by atoms with Gasteiger partial charge in [0.15, 0.2) is 11.0 Å². The molecule has 168 valence electrons. The van der Waals surface area contributed by atoms with Crippen LogP contribution in [0.5, 0.6) is 11.5 Å². The number of carbonyl (C=O) groups excluding carboxylic acids is 1. The molecule has 4 rings (SSSR count). The van der Waals surface area contributed by atoms with Crippen LogP contribution in [-0.2, 0) is 4.79 Å². The Hall–Kier alpha value is -3.49. The molecule has 0 aliphatic heterocycles. The van der Waals surface area contributed by atoms with Gasteiger partial charge in [-0.25, -0.2) is 0 Å². The predicted molar refractivity (Wildman–Crippen MR) is 131 cm³/mol. The summed E-state index contributed by atoms with van der Waals surface area (Å²) in [6.07, 6.45) is 0. The number of methoxy groups -OCH3 is 2. The zero-order valence-corrected chi connectivity index (χ0v) is 19.6. The van der Waals surface area contributed by atoms with Gasteiger partial charge in [-0.05, 0) is 42.5 Å². The van der Waals surface area contributed by atoms with Gasteiger partial charge >= 0.3 is 0 Å². The summed E-state index contributed by atoms with van der Waals surface area (Å²) < 4.78 is 12.7. The summed E-state index contributed by atoms with van der Waals surface area (Å²) in [5, 5.41) is 12.8. The average Bonchev–Trinajstić information content (AvgIpc) is 3.27. The number of thioether (sulfide) groups is 1. The van der Waals surface area contributed by atoms with E-state index in [0.717, 1.165) is 11.3 Å². The fourth-order valence-electron chi connectivity index (χ4n) is 3.28. The van der Waals surface area contributed by atoms with Crippen LogP contribution in [0.25, 0.3) is 17.1 Å². The lowest BCUT2D eigenvalue weighted by molar-refractivity contribution is -0.113. The van der Waals surface area contributed by atoms with E-state index in [1.54, 1.807) is 32.4 Å². The first-order chi connectivity index (χ1) is 16.1. The molecule has 0 aliphatic carbocycles. The van der Waals surface area contributed by atoms with Gasteiger partial charge in [-0.3, -0.25) is 9.36 Å². The molecule has 0 bridgehead atoms. The fourth-order valence-corrected chi connectivity index (χ4v) is 4.22. The molecule has 33 heavy (non-hydrogen) atoms. The molecule has 4 aromatic rings. The molecule has 1 aromatic heterocycles. The number of aromatic nitrogens is 3. The maximum Gasteiger partial charge on any atom is 0.234 e. The van der Waals surface area contributed by atoms with Crippen LogP contribution in [0.3, 0.4) is 0 Å². The third kappa shape index (κ3) is 5.13. The zero-order chi connectivity index (χ0) is 23.2. The molecule has 0 fully saturated rings. The average molecular weight is 481 g/mol. The van der Waals surface area contributed by atoms with Gasteiger partial charge in [0.25, 0.3) is 0 Å². The van der Waals surface area contributed by atoms with Crippen molar-refractivity contribution in [1.29, 1.82) is 0 Å². The quantitative estimate of drug-likeness (QED) is 0.343. The van der Waals surface area contributed by atoms with Gasteiger partial charge in [0, 0.05) is 5.02 Å². The normalized spacial score (nSPS) is 10.6. The number of anilines is 1. The maximum absolute atomic E-state index is 12.6. The lowest BCUT2D eigenvalue weighted by Crippen LogP contribution is -2.15. The molecule has 7 nitrogen and oxygen atoms in total. The van der Waals surface area contributed by atoms with Crippen molar-refractivity contribution in [3.63, 3.8) is 0 Å². The standard InChI is InChI=1S/C24H21ClN4O3S/c1-31-20-12-5-3-10-18(20)23-27-28-24(29(23)17-9-7-8-16(25)14-17)33-15-22(30)26-19-11-4-6-13-21(19)32-2/h3-14H,15H2,1-2H3,(H,26,30). The lowest BCUT2D eigenvalue weighted by Gasteiger charge is -2.13. The summed E-state index contributed by atoms with van der Waals surface area (Å²) >= 11 is 7.53. The Morgan fingerprint density at radius 3 is 2.45 bits per heavy atom. The van der Waals surface area contributed by atoms with E-state index in [-0.39, 0.29) is 11.7 Å². The van der Waals surface area contributed by atoms with Crippen molar-refractivity contribution in [3.8, 4) is 28.6 Å². The highest BCUT2D eigenvalue weighted by Gasteiger charge is 2.20. The number of para-hydroxylation sites is 3. The topological polar surface area (TPSA) is 78.3 Å². The second-order valence-electron chi connectivity index (χ2n) is 6.86. The van der Waals surface area contributed by atoms with Crippen LogP contribution in [0, 0.1) is 0 Å². The minimum absolute atomic E-state index is 0.128. The molecule has 0 saturated heterocycles. The van der Waals surface area contributed by atoms with Crippen molar-refractivity contribution < 1.29 is 14.3 Å². The number of nitrogens with one attached hydrogen (secondary N) is 1. The summed E-state index contributed by atoms with van der Waals surface area (Å²) in [5.41, 5.74) is 2.16. The summed E-state index contributed by atoms with van der Waals surface area (Å²) in [6, 6.07) is 22.2. The van der Waals surface area contributed by atoms with E-state index >= 15 is 0 Å². The molecule has 3 aromatic carbocycles. The number of amides is 1. The monoisotopic (exact) mass is 480 g/mol. The van der Waals surface area contributed by atoms with Crippen LogP contribution in [-0.4, -0.2) is 40.6 Å². The summed E-state index contributed by atoms with van der Waals surface area (Å²) in [7, 11) is 3.17. The van der Waals surface area contributed by atoms with E-state index < -0.39 is 0 Å². The van der Waals surface area contributed by atoms with E-state index in [1.807, 2.05) is 59.2 Å². The molecule has 0 radical (unpaired) electrons. The van der Waals surface area contributed by atoms with Gasteiger partial charge in [-0.2, -0.15) is 0 Å². The second kappa shape index (κ2) is 10.4. The molecule has 0 aliphatic rings. The Morgan fingerprint density at radius 1 is 0.970 bits per heavy atom. The second-order valence-corrected chi connectivity index (χ2v) is 8.24. The largest absolute Gasteiger partial charge is 0.496 e. The molecule has 0 saturated carbocycles. The van der Waals surface area contributed by atoms with Gasteiger partial charge in [-0.1, -0.05) is 53.7 Å². The first-order valence-corrected chi connectivity index (χ1v) is 11.4. The molecule has 0 atom stereocenters. The zero-order valence-electron chi connectivity index (χ0n) is 18.0. The smallest absolute Gasteiger partial charge is 0.234 e. The third-order valence-electron chi connectivity index (χ3n) is 4.76. The van der Waals surface area contributed by atoms with Gasteiger partial charge < -0.3 is 14.8 Å². The molecule has 9 heteroatoms. The molecular weight excluding hydrogens is 460 g/mol. The number of ether oxygens (including phenoxy) is 2. The minimum Gasteiger partial charge on any atom is -0.496 e. The molecule has 1 heterocycles. The highest BCUT2D eigenvalue weighted by Crippen LogP contribution is 2.34. The van der Waals surface area contributed by atoms with Gasteiger partial charge in [0.1, 0.15) is 11.5 Å². The first-order valence-electron chi connectivity index (χ1n) is 10.0. The van der Waals surface area contributed by atoms with E-state index in [1.165, 1.54) is 11.8 Å². The molecule has 1 N–H and O–H groups in total. The number of nitrogens with zero attached hydrogens (tertiary/aromatic N) is 3. The van der Waals surface area contributed by atoms with Crippen LogP contribution < -0.4 is 14.8 Å². The van der Waals surface area contributed by atoms with Crippen molar-refractivity contribution in [2.75, 3.05) is 25.3 Å². The van der Waals surface area contributed by atoms with E-state index in [2.05, 4.69) is 15.5 Å². The van der Waals surface area contributed by atoms with Crippen molar-refractivity contribution in [2.24, 2.45) is 0 Å². The van der Waals surface area contributed by atoms with Crippen LogP contribution in [0.2, 0.25) is 5.02 Å². The Balaban J connectivity index is 1.64. The van der Waals surface area contributed by atoms with Gasteiger partial charge in [-0.15, -0.1) is 10.2 Å². The predicted octanol–water partition coefficient (Wildman–Crippen LogP) is 5.34. The Bertz CT molecular complexity index is 1280. The lowest BCUT2D eigenvalue weighted by atomic mass is 10.2. The molecular formula is C24H21ClN4O3S. The summed E-state index contributed by atoms with van der Waals surface area (Å²) in [4.78, 5) is 12.6. The van der Waals surface area contributed by atoms with E-state index in [4.69, 9.17) is 21.1 Å². The summed E-state index contributed by atoms with van der Waals surface area (Å²) in [5.74, 6) is 1.78. The SMILES string of the molecule is COc1ccccc1NC(=O)CSc1nnc(-c2ccccc2OC)n1-c1cccc(Cl)c1. The van der Waals surface area contributed by atoms with Crippen LogP contribution in [0.4, 0.5) is 5.69 Å². The van der Waals surface area contributed by atoms with E-state index in [0.29, 0.717) is 33.2 Å². The Morgan fingerprint density at radius 2 is 1.70 bits per heavy atom. The molecule has 0 unspecified atom stereocenters. The number of benzene rings is 3. The minimum atomic E-state index is -0.191. The van der Waals surface area contributed by atoms with Crippen LogP contribution >= 0.6 is 23.4 Å².